The van der Waals surface area contributed by atoms with Crippen LogP contribution in [0.5, 0.6) is 0 Å². The number of nitrogens with one attached hydrogen (secondary N) is 2. The van der Waals surface area contributed by atoms with Gasteiger partial charge in [0.15, 0.2) is 5.76 Å². The molecule has 0 unspecified atom stereocenters. The summed E-state index contributed by atoms with van der Waals surface area (Å²) in [5.74, 6) is 0.614. The lowest BCUT2D eigenvalue weighted by Crippen LogP contribution is -1.94. The minimum Gasteiger partial charge on any atom is -0.423 e. The Labute approximate surface area is 145 Å². The molecule has 122 valence electrons. The van der Waals surface area contributed by atoms with E-state index in [0.29, 0.717) is 16.8 Å². The molecule has 0 radical (unpaired) electrons. The van der Waals surface area contributed by atoms with Gasteiger partial charge in [-0.3, -0.25) is 5.43 Å². The van der Waals surface area contributed by atoms with Gasteiger partial charge in [-0.25, -0.2) is 4.98 Å². The van der Waals surface area contributed by atoms with Gasteiger partial charge in [0.25, 0.3) is 6.01 Å². The van der Waals surface area contributed by atoms with E-state index in [4.69, 9.17) is 16.0 Å². The fourth-order valence-corrected chi connectivity index (χ4v) is 2.53. The van der Waals surface area contributed by atoms with Gasteiger partial charge in [-0.15, -0.1) is 0 Å². The largest absolute Gasteiger partial charge is 0.423 e. The van der Waals surface area contributed by atoms with Gasteiger partial charge < -0.3 is 9.73 Å². The molecule has 1 aliphatic rings. The Morgan fingerprint density at radius 2 is 2.25 bits per heavy atom. The molecule has 1 aromatic carbocycles. The minimum atomic E-state index is 0.393. The van der Waals surface area contributed by atoms with Crippen molar-refractivity contribution in [1.82, 2.24) is 4.98 Å². The second-order valence-corrected chi connectivity index (χ2v) is 5.66. The van der Waals surface area contributed by atoms with Crippen LogP contribution in [0.15, 0.2) is 63.3 Å². The van der Waals surface area contributed by atoms with Crippen LogP contribution in [0.2, 0.25) is 0 Å². The summed E-state index contributed by atoms with van der Waals surface area (Å²) < 4.78 is 5.78. The predicted octanol–water partition coefficient (Wildman–Crippen LogP) is 5.22. The molecule has 1 heterocycles. The number of anilines is 3. The second kappa shape index (κ2) is 7.19. The van der Waals surface area contributed by atoms with Gasteiger partial charge in [-0.05, 0) is 37.1 Å². The molecule has 24 heavy (non-hydrogen) atoms. The number of nitrogens with zero attached hydrogens (tertiary/aromatic N) is 2. The lowest BCUT2D eigenvalue weighted by atomic mass is 10.2. The first-order valence-electron chi connectivity index (χ1n) is 7.46. The smallest absolute Gasteiger partial charge is 0.299 e. The van der Waals surface area contributed by atoms with Crippen LogP contribution in [0.1, 0.15) is 17.7 Å². The maximum absolute atomic E-state index is 6.28. The van der Waals surface area contributed by atoms with Crippen molar-refractivity contribution in [2.24, 2.45) is 5.10 Å². The van der Waals surface area contributed by atoms with Gasteiger partial charge in [0.2, 0.25) is 0 Å². The average Bonchev–Trinajstić information content (AvgIpc) is 2.91. The first kappa shape index (κ1) is 16.1. The van der Waals surface area contributed by atoms with Crippen molar-refractivity contribution in [3.8, 4) is 0 Å². The molecule has 0 atom stereocenters. The molecular weight excluding hydrogens is 324 g/mol. The summed E-state index contributed by atoms with van der Waals surface area (Å²) in [5, 5.41) is 7.48. The minimum absolute atomic E-state index is 0.393. The van der Waals surface area contributed by atoms with Crippen LogP contribution in [-0.2, 0) is 0 Å². The first-order chi connectivity index (χ1) is 11.7. The van der Waals surface area contributed by atoms with Crippen molar-refractivity contribution < 1.29 is 4.42 Å². The fourth-order valence-electron chi connectivity index (χ4n) is 2.29. The van der Waals surface area contributed by atoms with Gasteiger partial charge in [-0.1, -0.05) is 35.9 Å². The average molecular weight is 341 g/mol. The zero-order chi connectivity index (χ0) is 16.9. The predicted molar refractivity (Wildman–Crippen MR) is 99.8 cm³/mol. The third-order valence-electron chi connectivity index (χ3n) is 3.55. The molecule has 0 spiro atoms. The monoisotopic (exact) mass is 340 g/mol. The number of rotatable bonds is 5. The van der Waals surface area contributed by atoms with E-state index in [9.17, 15) is 0 Å². The fraction of sp³-hybridized carbons (Fsp3) is 0.111. The van der Waals surface area contributed by atoms with Crippen LogP contribution in [0.25, 0.3) is 5.57 Å². The van der Waals surface area contributed by atoms with Gasteiger partial charge >= 0.3 is 0 Å². The summed E-state index contributed by atoms with van der Waals surface area (Å²) in [4.78, 5) is 4.27. The summed E-state index contributed by atoms with van der Waals surface area (Å²) in [6.07, 6.45) is 10.3. The van der Waals surface area contributed by atoms with Crippen LogP contribution in [0, 0.1) is 6.92 Å². The number of halogens is 1. The lowest BCUT2D eigenvalue weighted by molar-refractivity contribution is 0.565. The van der Waals surface area contributed by atoms with Crippen molar-refractivity contribution in [1.29, 1.82) is 0 Å². The van der Waals surface area contributed by atoms with Crippen LogP contribution in [0.4, 0.5) is 17.4 Å². The Morgan fingerprint density at radius 1 is 1.38 bits per heavy atom. The highest BCUT2D eigenvalue weighted by Gasteiger charge is 2.13. The Hall–Kier alpha value is -2.79. The van der Waals surface area contributed by atoms with Crippen molar-refractivity contribution in [3.05, 3.63) is 65.1 Å². The van der Waals surface area contributed by atoms with Gasteiger partial charge in [-0.2, -0.15) is 5.10 Å². The Kier molecular flexibility index (Phi) is 4.82. The van der Waals surface area contributed by atoms with Crippen molar-refractivity contribution in [3.63, 3.8) is 0 Å². The highest BCUT2D eigenvalue weighted by atomic mass is 35.5. The molecule has 2 aromatic rings. The first-order valence-corrected chi connectivity index (χ1v) is 7.83. The van der Waals surface area contributed by atoms with Crippen molar-refractivity contribution >= 4 is 41.3 Å². The number of benzene rings is 1. The SMILES string of the molecule is C=NNc1cc(Nc2ncc(C3=CC=CCC=C3Cl)o2)ccc1C. The Balaban J connectivity index is 1.82. The Bertz CT molecular complexity index is 848. The van der Waals surface area contributed by atoms with Crippen LogP contribution in [-0.4, -0.2) is 11.7 Å². The molecule has 2 N–H and O–H groups in total. The van der Waals surface area contributed by atoms with E-state index in [1.807, 2.05) is 49.4 Å². The number of hydrogen-bond donors (Lipinski definition) is 2. The molecule has 0 aliphatic heterocycles. The quantitative estimate of drug-likeness (QED) is 0.578. The van der Waals surface area contributed by atoms with Gasteiger partial charge in [0, 0.05) is 23.0 Å². The van der Waals surface area contributed by atoms with E-state index in [-0.39, 0.29) is 0 Å². The summed E-state index contributed by atoms with van der Waals surface area (Å²) >= 11 is 6.28. The normalized spacial score (nSPS) is 13.8. The van der Waals surface area contributed by atoms with Gasteiger partial charge in [0.05, 0.1) is 11.9 Å². The summed E-state index contributed by atoms with van der Waals surface area (Å²) in [6.45, 7) is 5.43. The molecule has 1 aliphatic carbocycles. The van der Waals surface area contributed by atoms with Crippen LogP contribution >= 0.6 is 11.6 Å². The molecule has 5 nitrogen and oxygen atoms in total. The maximum Gasteiger partial charge on any atom is 0.299 e. The van der Waals surface area contributed by atoms with Crippen molar-refractivity contribution in [2.45, 2.75) is 13.3 Å². The molecule has 0 bridgehead atoms. The zero-order valence-electron chi connectivity index (χ0n) is 13.2. The summed E-state index contributed by atoms with van der Waals surface area (Å²) in [7, 11) is 0. The van der Waals surface area contributed by atoms with Crippen molar-refractivity contribution in [2.75, 3.05) is 10.7 Å². The molecule has 1 aromatic heterocycles. The lowest BCUT2D eigenvalue weighted by Gasteiger charge is -2.08. The van der Waals surface area contributed by atoms with E-state index in [1.54, 1.807) is 6.20 Å². The Morgan fingerprint density at radius 3 is 3.08 bits per heavy atom. The third-order valence-corrected chi connectivity index (χ3v) is 3.91. The van der Waals surface area contributed by atoms with E-state index in [0.717, 1.165) is 28.9 Å². The van der Waals surface area contributed by atoms with E-state index in [1.165, 1.54) is 0 Å². The van der Waals surface area contributed by atoms with Crippen LogP contribution < -0.4 is 10.7 Å². The number of aryl methyl sites for hydroxylation is 1. The molecule has 0 saturated carbocycles. The molecule has 0 fully saturated rings. The zero-order valence-corrected chi connectivity index (χ0v) is 14.0. The third kappa shape index (κ3) is 3.58. The molecule has 3 rings (SSSR count). The van der Waals surface area contributed by atoms with E-state index >= 15 is 0 Å². The molecule has 0 amide bonds. The summed E-state index contributed by atoms with van der Waals surface area (Å²) in [5.41, 5.74) is 6.42. The topological polar surface area (TPSA) is 62.5 Å². The van der Waals surface area contributed by atoms with Gasteiger partial charge in [0.1, 0.15) is 0 Å². The van der Waals surface area contributed by atoms with E-state index in [2.05, 4.69) is 27.5 Å². The second-order valence-electron chi connectivity index (χ2n) is 5.25. The summed E-state index contributed by atoms with van der Waals surface area (Å²) in [6, 6.07) is 6.21. The molecular formula is C18H17ClN4O. The van der Waals surface area contributed by atoms with E-state index < -0.39 is 0 Å². The van der Waals surface area contributed by atoms with Crippen LogP contribution in [0.3, 0.4) is 0 Å². The number of oxazole rings is 1. The number of hydrogen-bond acceptors (Lipinski definition) is 5. The molecule has 0 saturated heterocycles. The highest BCUT2D eigenvalue weighted by Crippen LogP contribution is 2.31. The molecule has 6 heteroatoms. The number of allylic oxidation sites excluding steroid dienone is 6. The highest BCUT2D eigenvalue weighted by molar-refractivity contribution is 6.36. The maximum atomic E-state index is 6.28. The number of hydrazone groups is 1. The standard InChI is InChI=1S/C18H17ClN4O/c1-12-8-9-13(10-16(12)23-20-2)22-18-21-11-17(24-18)14-6-4-3-5-7-15(14)19/h3-4,6-11,23H,2,5H2,1H3,(H,21,22). The number of aromatic nitrogens is 1.